The number of benzene rings is 2. The Morgan fingerprint density at radius 2 is 1.70 bits per heavy atom. The Kier molecular flexibility index (Phi) is 7.32. The van der Waals surface area contributed by atoms with Gasteiger partial charge < -0.3 is 19.8 Å². The SMILES string of the molecule is COC(=O)C(=O)[C@H](C(=O)C(=O)Nc1ccc(OC)cc1[N+](=O)[O-])c1nc2ccc([N+](=O)[O-])cc2[nH]c1=O. The van der Waals surface area contributed by atoms with Crippen molar-refractivity contribution < 1.29 is 38.5 Å². The van der Waals surface area contributed by atoms with E-state index in [1.54, 1.807) is 0 Å². The van der Waals surface area contributed by atoms with Crippen LogP contribution >= 0.6 is 0 Å². The average Bonchev–Trinajstić information content (AvgIpc) is 2.87. The maximum Gasteiger partial charge on any atom is 0.375 e. The highest BCUT2D eigenvalue weighted by Gasteiger charge is 2.41. The van der Waals surface area contributed by atoms with Crippen molar-refractivity contribution in [1.82, 2.24) is 9.97 Å². The smallest absolute Gasteiger partial charge is 0.375 e. The number of anilines is 1. The van der Waals surface area contributed by atoms with E-state index in [2.05, 4.69) is 14.7 Å². The third kappa shape index (κ3) is 5.26. The summed E-state index contributed by atoms with van der Waals surface area (Å²) >= 11 is 0. The topological polar surface area (TPSA) is 231 Å². The van der Waals surface area contributed by atoms with Crippen LogP contribution in [0.2, 0.25) is 0 Å². The molecule has 0 radical (unpaired) electrons. The average molecular weight is 513 g/mol. The van der Waals surface area contributed by atoms with Crippen molar-refractivity contribution in [3.8, 4) is 5.75 Å². The molecule has 3 rings (SSSR count). The molecule has 190 valence electrons. The molecule has 0 saturated heterocycles. The Balaban J connectivity index is 2.08. The molecule has 16 heteroatoms. The zero-order valence-electron chi connectivity index (χ0n) is 18.9. The summed E-state index contributed by atoms with van der Waals surface area (Å²) in [6.45, 7) is 0. The number of esters is 1. The van der Waals surface area contributed by atoms with Gasteiger partial charge in [0, 0.05) is 12.1 Å². The fourth-order valence-corrected chi connectivity index (χ4v) is 3.19. The molecule has 16 nitrogen and oxygen atoms in total. The van der Waals surface area contributed by atoms with Crippen LogP contribution in [0.5, 0.6) is 5.75 Å². The first kappa shape index (κ1) is 26.1. The van der Waals surface area contributed by atoms with Gasteiger partial charge in [-0.3, -0.25) is 39.4 Å². The number of aromatic nitrogens is 2. The lowest BCUT2D eigenvalue weighted by atomic mass is 9.94. The second-order valence-corrected chi connectivity index (χ2v) is 7.16. The number of nitro benzene ring substituents is 2. The van der Waals surface area contributed by atoms with E-state index in [0.29, 0.717) is 0 Å². The van der Waals surface area contributed by atoms with Crippen LogP contribution in [0.25, 0.3) is 11.0 Å². The van der Waals surface area contributed by atoms with Crippen molar-refractivity contribution in [2.24, 2.45) is 0 Å². The van der Waals surface area contributed by atoms with Crippen LogP contribution in [-0.2, 0) is 23.9 Å². The van der Waals surface area contributed by atoms with E-state index in [0.717, 1.165) is 37.4 Å². The molecule has 1 amide bonds. The molecule has 0 saturated carbocycles. The summed E-state index contributed by atoms with van der Waals surface area (Å²) < 4.78 is 9.20. The molecule has 2 N–H and O–H groups in total. The second kappa shape index (κ2) is 10.4. The predicted molar refractivity (Wildman–Crippen MR) is 122 cm³/mol. The van der Waals surface area contributed by atoms with Gasteiger partial charge in [0.2, 0.25) is 5.78 Å². The number of Topliss-reactive ketones (excluding diaryl/α,β-unsaturated/α-hetero) is 2. The lowest BCUT2D eigenvalue weighted by molar-refractivity contribution is -0.384. The minimum absolute atomic E-state index is 0.0712. The quantitative estimate of drug-likeness (QED) is 0.133. The highest BCUT2D eigenvalue weighted by molar-refractivity contribution is 6.52. The maximum absolute atomic E-state index is 13.0. The van der Waals surface area contributed by atoms with Gasteiger partial charge in [0.05, 0.1) is 41.2 Å². The number of methoxy groups -OCH3 is 2. The fourth-order valence-electron chi connectivity index (χ4n) is 3.19. The predicted octanol–water partition coefficient (Wildman–Crippen LogP) is 0.782. The van der Waals surface area contributed by atoms with Gasteiger partial charge in [0.25, 0.3) is 28.6 Å². The summed E-state index contributed by atoms with van der Waals surface area (Å²) in [5.41, 5.74) is -3.80. The summed E-state index contributed by atoms with van der Waals surface area (Å²) in [5, 5.41) is 24.3. The molecule has 1 heterocycles. The highest BCUT2D eigenvalue weighted by atomic mass is 16.6. The molecule has 3 aromatic rings. The molecule has 0 unspecified atom stereocenters. The number of hydrogen-bond acceptors (Lipinski definition) is 12. The minimum Gasteiger partial charge on any atom is -0.496 e. The third-order valence-electron chi connectivity index (χ3n) is 4.97. The Morgan fingerprint density at radius 3 is 2.30 bits per heavy atom. The first-order chi connectivity index (χ1) is 17.5. The van der Waals surface area contributed by atoms with Crippen molar-refractivity contribution in [3.05, 3.63) is 72.7 Å². The van der Waals surface area contributed by atoms with Crippen LogP contribution in [0.15, 0.2) is 41.2 Å². The number of nitro groups is 2. The number of hydrogen-bond donors (Lipinski definition) is 2. The van der Waals surface area contributed by atoms with Gasteiger partial charge in [-0.15, -0.1) is 0 Å². The molecule has 0 aliphatic rings. The van der Waals surface area contributed by atoms with Crippen molar-refractivity contribution in [2.45, 2.75) is 5.92 Å². The molecule has 0 spiro atoms. The first-order valence-corrected chi connectivity index (χ1v) is 9.96. The minimum atomic E-state index is -2.40. The van der Waals surface area contributed by atoms with Gasteiger partial charge in [-0.25, -0.2) is 9.78 Å². The molecule has 1 aromatic heterocycles. The molecule has 2 aromatic carbocycles. The molecule has 37 heavy (non-hydrogen) atoms. The molecule has 1 atom stereocenters. The number of nitrogens with one attached hydrogen (secondary N) is 2. The number of amides is 1. The van der Waals surface area contributed by atoms with E-state index < -0.39 is 67.5 Å². The van der Waals surface area contributed by atoms with Gasteiger partial charge >= 0.3 is 5.97 Å². The number of non-ortho nitro benzene ring substituents is 1. The van der Waals surface area contributed by atoms with Crippen molar-refractivity contribution >= 4 is 51.5 Å². The van der Waals surface area contributed by atoms with Crippen LogP contribution in [0.3, 0.4) is 0 Å². The molecular weight excluding hydrogens is 498 g/mol. The van der Waals surface area contributed by atoms with Gasteiger partial charge in [-0.2, -0.15) is 0 Å². The van der Waals surface area contributed by atoms with Gasteiger partial charge in [0.15, 0.2) is 0 Å². The normalized spacial score (nSPS) is 11.3. The van der Waals surface area contributed by atoms with E-state index in [4.69, 9.17) is 4.74 Å². The fraction of sp³-hybridized carbons (Fsp3) is 0.143. The lowest BCUT2D eigenvalue weighted by Crippen LogP contribution is -2.39. The third-order valence-corrected chi connectivity index (χ3v) is 4.97. The standard InChI is InChI=1S/C21H15N5O11/c1-36-10-4-6-12(14(8-10)26(34)35)23-20(30)17(27)15(18(28)21(31)37-2)16-19(29)24-13-7-9(25(32)33)3-5-11(13)22-16/h3-8,15H,1-2H3,(H,23,30)(H,24,29)/t15-/m0/s1. The second-order valence-electron chi connectivity index (χ2n) is 7.16. The Labute approximate surface area is 204 Å². The summed E-state index contributed by atoms with van der Waals surface area (Å²) in [6.07, 6.45) is 0. The number of fused-ring (bicyclic) bond motifs is 1. The van der Waals surface area contributed by atoms with Crippen molar-refractivity contribution in [3.63, 3.8) is 0 Å². The number of rotatable bonds is 9. The van der Waals surface area contributed by atoms with E-state index in [1.807, 2.05) is 5.32 Å². The lowest BCUT2D eigenvalue weighted by Gasteiger charge is -2.13. The molecule has 0 aliphatic carbocycles. The Morgan fingerprint density at radius 1 is 1.00 bits per heavy atom. The largest absolute Gasteiger partial charge is 0.496 e. The zero-order valence-corrected chi connectivity index (χ0v) is 18.9. The number of ether oxygens (including phenoxy) is 2. The number of carbonyl (C=O) groups is 4. The maximum atomic E-state index is 13.0. The van der Waals surface area contributed by atoms with Gasteiger partial charge in [-0.1, -0.05) is 0 Å². The number of carbonyl (C=O) groups excluding carboxylic acids is 4. The van der Waals surface area contributed by atoms with Crippen LogP contribution in [0, 0.1) is 20.2 Å². The number of H-pyrrole nitrogens is 1. The van der Waals surface area contributed by atoms with E-state index in [-0.39, 0.29) is 16.8 Å². The number of nitrogens with zero attached hydrogens (tertiary/aromatic N) is 3. The summed E-state index contributed by atoms with van der Waals surface area (Å²) in [6, 6.07) is 6.39. The van der Waals surface area contributed by atoms with Crippen LogP contribution in [0.1, 0.15) is 11.6 Å². The molecule has 0 aliphatic heterocycles. The molecule has 0 bridgehead atoms. The number of aromatic amines is 1. The first-order valence-electron chi connectivity index (χ1n) is 9.96. The highest BCUT2D eigenvalue weighted by Crippen LogP contribution is 2.29. The van der Waals surface area contributed by atoms with E-state index in [9.17, 15) is 44.2 Å². The van der Waals surface area contributed by atoms with Crippen molar-refractivity contribution in [1.29, 1.82) is 0 Å². The van der Waals surface area contributed by atoms with Crippen LogP contribution < -0.4 is 15.6 Å². The summed E-state index contributed by atoms with van der Waals surface area (Å²) in [4.78, 5) is 89.9. The number of ketones is 2. The van der Waals surface area contributed by atoms with Gasteiger partial charge in [-0.05, 0) is 18.2 Å². The van der Waals surface area contributed by atoms with Crippen molar-refractivity contribution in [2.75, 3.05) is 19.5 Å². The van der Waals surface area contributed by atoms with Crippen LogP contribution in [0.4, 0.5) is 17.1 Å². The Hall–Kier alpha value is -5.54. The van der Waals surface area contributed by atoms with E-state index >= 15 is 0 Å². The Bertz CT molecular complexity index is 1550. The zero-order chi connectivity index (χ0) is 27.4. The monoisotopic (exact) mass is 513 g/mol. The summed E-state index contributed by atoms with van der Waals surface area (Å²) in [7, 11) is 2.07. The van der Waals surface area contributed by atoms with E-state index in [1.165, 1.54) is 13.2 Å². The molecular formula is C21H15N5O11. The summed E-state index contributed by atoms with van der Waals surface area (Å²) in [5.74, 6) is -8.76. The molecule has 0 fully saturated rings. The van der Waals surface area contributed by atoms with Crippen LogP contribution in [-0.4, -0.2) is 57.5 Å². The van der Waals surface area contributed by atoms with Gasteiger partial charge in [0.1, 0.15) is 23.0 Å².